The summed E-state index contributed by atoms with van der Waals surface area (Å²) in [6.45, 7) is 8.13. The van der Waals surface area contributed by atoms with E-state index in [1.807, 2.05) is 0 Å². The Hall–Kier alpha value is -0.613. The summed E-state index contributed by atoms with van der Waals surface area (Å²) in [6.07, 6.45) is 3.22. The van der Waals surface area contributed by atoms with Crippen LogP contribution < -0.4 is 0 Å². The minimum absolute atomic E-state index is 0.281. The van der Waals surface area contributed by atoms with E-state index in [4.69, 9.17) is 8.85 Å². The Labute approximate surface area is 92.7 Å². The van der Waals surface area contributed by atoms with Gasteiger partial charge in [-0.05, 0) is 19.8 Å². The molecule has 0 saturated carbocycles. The zero-order valence-electron chi connectivity index (χ0n) is 9.67. The SMILES string of the molecule is C=C(C)C(=O)O[Si]1(CCC)CCCCO1. The van der Waals surface area contributed by atoms with Gasteiger partial charge in [-0.2, -0.15) is 0 Å². The van der Waals surface area contributed by atoms with Gasteiger partial charge in [0.2, 0.25) is 0 Å². The first-order valence-corrected chi connectivity index (χ1v) is 7.85. The maximum absolute atomic E-state index is 11.5. The van der Waals surface area contributed by atoms with E-state index in [1.54, 1.807) is 6.92 Å². The molecule has 0 bridgehead atoms. The van der Waals surface area contributed by atoms with Gasteiger partial charge in [0.05, 0.1) is 0 Å². The van der Waals surface area contributed by atoms with E-state index in [2.05, 4.69) is 13.5 Å². The van der Waals surface area contributed by atoms with Crippen molar-refractivity contribution in [1.82, 2.24) is 0 Å². The Morgan fingerprint density at radius 2 is 2.27 bits per heavy atom. The zero-order valence-corrected chi connectivity index (χ0v) is 10.7. The van der Waals surface area contributed by atoms with Gasteiger partial charge in [-0.15, -0.1) is 0 Å². The molecule has 0 N–H and O–H groups in total. The molecule has 1 rings (SSSR count). The Bertz CT molecular complexity index is 239. The highest BCUT2D eigenvalue weighted by atomic mass is 28.4. The normalized spacial score (nSPS) is 26.0. The van der Waals surface area contributed by atoms with Gasteiger partial charge in [-0.25, -0.2) is 4.79 Å². The molecule has 0 spiro atoms. The highest BCUT2D eigenvalue weighted by Crippen LogP contribution is 2.28. The number of carbonyl (C=O) groups excluding carboxylic acids is 1. The predicted octanol–water partition coefficient (Wildman–Crippen LogP) is 2.77. The average molecular weight is 228 g/mol. The molecule has 1 heterocycles. The molecule has 1 aliphatic rings. The lowest BCUT2D eigenvalue weighted by Gasteiger charge is -2.33. The summed E-state index contributed by atoms with van der Waals surface area (Å²) in [5.74, 6) is -0.281. The number of rotatable bonds is 4. The maximum Gasteiger partial charge on any atom is 0.401 e. The van der Waals surface area contributed by atoms with Crippen LogP contribution in [0, 0.1) is 0 Å². The summed E-state index contributed by atoms with van der Waals surface area (Å²) < 4.78 is 11.3. The Morgan fingerprint density at radius 3 is 2.73 bits per heavy atom. The summed E-state index contributed by atoms with van der Waals surface area (Å²) >= 11 is 0. The summed E-state index contributed by atoms with van der Waals surface area (Å²) in [6, 6.07) is 1.85. The molecule has 1 aliphatic heterocycles. The highest BCUT2D eigenvalue weighted by molar-refractivity contribution is 6.69. The molecular formula is C11H20O3Si. The van der Waals surface area contributed by atoms with Crippen LogP contribution in [0.5, 0.6) is 0 Å². The molecule has 1 unspecified atom stereocenters. The molecule has 0 aliphatic carbocycles. The van der Waals surface area contributed by atoms with Gasteiger partial charge in [0.15, 0.2) is 0 Å². The van der Waals surface area contributed by atoms with E-state index in [0.717, 1.165) is 38.0 Å². The highest BCUT2D eigenvalue weighted by Gasteiger charge is 2.42. The van der Waals surface area contributed by atoms with Crippen LogP contribution in [0.2, 0.25) is 12.1 Å². The Kier molecular flexibility index (Phi) is 4.54. The number of carbonyl (C=O) groups is 1. The molecule has 15 heavy (non-hydrogen) atoms. The van der Waals surface area contributed by atoms with E-state index < -0.39 is 8.56 Å². The van der Waals surface area contributed by atoms with Gasteiger partial charge in [0, 0.05) is 24.3 Å². The third-order valence-electron chi connectivity index (χ3n) is 2.58. The van der Waals surface area contributed by atoms with Crippen molar-refractivity contribution in [2.45, 2.75) is 45.2 Å². The van der Waals surface area contributed by atoms with Crippen LogP contribution in [-0.2, 0) is 13.6 Å². The van der Waals surface area contributed by atoms with Crippen LogP contribution >= 0.6 is 0 Å². The largest absolute Gasteiger partial charge is 0.491 e. The van der Waals surface area contributed by atoms with Gasteiger partial charge in [-0.1, -0.05) is 19.9 Å². The van der Waals surface area contributed by atoms with Crippen LogP contribution in [0.25, 0.3) is 0 Å². The van der Waals surface area contributed by atoms with Crippen molar-refractivity contribution in [3.8, 4) is 0 Å². The lowest BCUT2D eigenvalue weighted by atomic mass is 10.4. The maximum atomic E-state index is 11.5. The molecule has 1 saturated heterocycles. The van der Waals surface area contributed by atoms with Gasteiger partial charge >= 0.3 is 14.5 Å². The summed E-state index contributed by atoms with van der Waals surface area (Å²) in [4.78, 5) is 11.5. The molecule has 86 valence electrons. The van der Waals surface area contributed by atoms with Crippen molar-refractivity contribution >= 4 is 14.5 Å². The lowest BCUT2D eigenvalue weighted by Crippen LogP contribution is -2.46. The number of hydrogen-bond acceptors (Lipinski definition) is 3. The van der Waals surface area contributed by atoms with Crippen molar-refractivity contribution in [2.24, 2.45) is 0 Å². The van der Waals surface area contributed by atoms with Crippen LogP contribution in [0.4, 0.5) is 0 Å². The molecule has 0 aromatic heterocycles. The van der Waals surface area contributed by atoms with Crippen LogP contribution in [0.1, 0.15) is 33.1 Å². The molecule has 0 radical (unpaired) electrons. The smallest absolute Gasteiger partial charge is 0.401 e. The minimum Gasteiger partial charge on any atom is -0.491 e. The van der Waals surface area contributed by atoms with Crippen LogP contribution in [0.3, 0.4) is 0 Å². The molecule has 4 heteroatoms. The molecule has 0 aromatic carbocycles. The monoisotopic (exact) mass is 228 g/mol. The van der Waals surface area contributed by atoms with E-state index in [-0.39, 0.29) is 5.97 Å². The third-order valence-corrected chi connectivity index (χ3v) is 6.24. The molecule has 1 atom stereocenters. The van der Waals surface area contributed by atoms with E-state index in [0.29, 0.717) is 5.57 Å². The van der Waals surface area contributed by atoms with Gasteiger partial charge in [0.1, 0.15) is 0 Å². The summed E-state index contributed by atoms with van der Waals surface area (Å²) in [5, 5.41) is 0. The fourth-order valence-electron chi connectivity index (χ4n) is 1.79. The van der Waals surface area contributed by atoms with Gasteiger partial charge in [0.25, 0.3) is 0 Å². The first-order chi connectivity index (χ1) is 7.09. The summed E-state index contributed by atoms with van der Waals surface area (Å²) in [7, 11) is -2.22. The first-order valence-electron chi connectivity index (χ1n) is 5.62. The second-order valence-electron chi connectivity index (χ2n) is 4.14. The van der Waals surface area contributed by atoms with Crippen molar-refractivity contribution < 1.29 is 13.6 Å². The molecular weight excluding hydrogens is 208 g/mol. The van der Waals surface area contributed by atoms with Crippen LogP contribution in [0.15, 0.2) is 12.2 Å². The summed E-state index contributed by atoms with van der Waals surface area (Å²) in [5.41, 5.74) is 0.465. The average Bonchev–Trinajstić information content (AvgIpc) is 2.19. The standard InChI is InChI=1S/C11H20O3Si/c1-4-8-15(9-6-5-7-13-15)14-11(12)10(2)3/h2,4-9H2,1,3H3. The molecule has 1 fully saturated rings. The van der Waals surface area contributed by atoms with Crippen molar-refractivity contribution in [3.63, 3.8) is 0 Å². The van der Waals surface area contributed by atoms with E-state index in [9.17, 15) is 4.79 Å². The van der Waals surface area contributed by atoms with Crippen LogP contribution in [-0.4, -0.2) is 21.1 Å². The Balaban J connectivity index is 2.63. The van der Waals surface area contributed by atoms with Gasteiger partial charge < -0.3 is 8.85 Å². The third kappa shape index (κ3) is 3.46. The minimum atomic E-state index is -2.22. The predicted molar refractivity (Wildman–Crippen MR) is 61.8 cm³/mol. The second-order valence-corrected chi connectivity index (χ2v) is 7.45. The quantitative estimate of drug-likeness (QED) is 0.548. The fourth-order valence-corrected chi connectivity index (χ4v) is 5.17. The molecule has 3 nitrogen and oxygen atoms in total. The topological polar surface area (TPSA) is 35.5 Å². The lowest BCUT2D eigenvalue weighted by molar-refractivity contribution is -0.132. The second kappa shape index (κ2) is 5.46. The first kappa shape index (κ1) is 12.5. The van der Waals surface area contributed by atoms with Gasteiger partial charge in [-0.3, -0.25) is 0 Å². The molecule has 0 amide bonds. The van der Waals surface area contributed by atoms with E-state index >= 15 is 0 Å². The van der Waals surface area contributed by atoms with Crippen molar-refractivity contribution in [3.05, 3.63) is 12.2 Å². The number of hydrogen-bond donors (Lipinski definition) is 0. The van der Waals surface area contributed by atoms with Crippen molar-refractivity contribution in [2.75, 3.05) is 6.61 Å². The zero-order chi connectivity index (χ0) is 11.3. The van der Waals surface area contributed by atoms with E-state index in [1.165, 1.54) is 0 Å². The molecule has 0 aromatic rings. The fraction of sp³-hybridized carbons (Fsp3) is 0.727. The van der Waals surface area contributed by atoms with Crippen molar-refractivity contribution in [1.29, 1.82) is 0 Å². The Morgan fingerprint density at radius 1 is 1.53 bits per heavy atom.